The number of nitrogens with zero attached hydrogens (tertiary/aromatic N) is 1. The molecule has 78 valence electrons. The van der Waals surface area contributed by atoms with Gasteiger partial charge in [-0.05, 0) is 32.2 Å². The van der Waals surface area contributed by atoms with Gasteiger partial charge in [0.25, 0.3) is 0 Å². The summed E-state index contributed by atoms with van der Waals surface area (Å²) in [5.74, 6) is 0.491. The molecule has 1 rings (SSSR count). The number of β-amino-alcohol motifs (C(OH)–C–C–N with tert-alkyl or cyclic N) is 1. The molecule has 0 amide bonds. The highest BCUT2D eigenvalue weighted by Gasteiger charge is 2.26. The number of aliphatic hydroxyl groups is 1. The van der Waals surface area contributed by atoms with Gasteiger partial charge in [-0.15, -0.1) is 0 Å². The predicted octanol–water partition coefficient (Wildman–Crippen LogP) is 1.88. The average molecular weight is 185 g/mol. The maximum Gasteiger partial charge on any atom is 0.0693 e. The van der Waals surface area contributed by atoms with Gasteiger partial charge in [0.2, 0.25) is 0 Å². The summed E-state index contributed by atoms with van der Waals surface area (Å²) in [5, 5.41) is 9.72. The Bertz CT molecular complexity index is 149. The third-order valence-electron chi connectivity index (χ3n) is 3.28. The molecule has 1 fully saturated rings. The van der Waals surface area contributed by atoms with E-state index in [1.165, 1.54) is 19.4 Å². The smallest absolute Gasteiger partial charge is 0.0693 e. The third kappa shape index (κ3) is 2.96. The molecule has 0 aromatic heterocycles. The van der Waals surface area contributed by atoms with E-state index in [1.54, 1.807) is 0 Å². The quantitative estimate of drug-likeness (QED) is 0.725. The van der Waals surface area contributed by atoms with Crippen LogP contribution in [0.4, 0.5) is 0 Å². The molecule has 1 N–H and O–H groups in total. The van der Waals surface area contributed by atoms with E-state index in [0.717, 1.165) is 13.0 Å². The lowest BCUT2D eigenvalue weighted by molar-refractivity contribution is 0.0117. The first-order valence-electron chi connectivity index (χ1n) is 5.57. The molecule has 0 bridgehead atoms. The van der Waals surface area contributed by atoms with Crippen LogP contribution >= 0.6 is 0 Å². The Kier molecular flexibility index (Phi) is 4.20. The molecule has 1 saturated heterocycles. The fraction of sp³-hybridized carbons (Fsp3) is 1.00. The second-order valence-electron chi connectivity index (χ2n) is 4.47. The second kappa shape index (κ2) is 4.97. The Morgan fingerprint density at radius 2 is 2.23 bits per heavy atom. The van der Waals surface area contributed by atoms with Crippen LogP contribution in [0, 0.1) is 5.92 Å². The molecule has 1 aliphatic rings. The number of hydrogen-bond acceptors (Lipinski definition) is 2. The highest BCUT2D eigenvalue weighted by molar-refractivity contribution is 4.80. The topological polar surface area (TPSA) is 23.5 Å². The predicted molar refractivity (Wildman–Crippen MR) is 55.7 cm³/mol. The summed E-state index contributed by atoms with van der Waals surface area (Å²) < 4.78 is 0. The van der Waals surface area contributed by atoms with E-state index >= 15 is 0 Å². The summed E-state index contributed by atoms with van der Waals surface area (Å²) in [6.45, 7) is 8.68. The average Bonchev–Trinajstić information content (AvgIpc) is 2.10. The van der Waals surface area contributed by atoms with Crippen molar-refractivity contribution in [3.63, 3.8) is 0 Å². The Morgan fingerprint density at radius 1 is 1.54 bits per heavy atom. The highest BCUT2D eigenvalue weighted by atomic mass is 16.3. The van der Waals surface area contributed by atoms with Crippen molar-refractivity contribution in [1.29, 1.82) is 0 Å². The zero-order chi connectivity index (χ0) is 9.84. The molecule has 0 aromatic carbocycles. The minimum atomic E-state index is -0.104. The zero-order valence-electron chi connectivity index (χ0n) is 9.16. The van der Waals surface area contributed by atoms with Crippen LogP contribution < -0.4 is 0 Å². The van der Waals surface area contributed by atoms with Gasteiger partial charge < -0.3 is 5.11 Å². The van der Waals surface area contributed by atoms with Crippen molar-refractivity contribution in [3.05, 3.63) is 0 Å². The minimum absolute atomic E-state index is 0.104. The number of rotatable bonds is 3. The molecule has 0 spiro atoms. The summed E-state index contributed by atoms with van der Waals surface area (Å²) in [6, 6.07) is 0.646. The number of likely N-dealkylation sites (tertiary alicyclic amines) is 1. The van der Waals surface area contributed by atoms with Gasteiger partial charge in [-0.3, -0.25) is 4.90 Å². The Hall–Kier alpha value is -0.0800. The minimum Gasteiger partial charge on any atom is -0.392 e. The van der Waals surface area contributed by atoms with Gasteiger partial charge in [-0.25, -0.2) is 0 Å². The fourth-order valence-corrected chi connectivity index (χ4v) is 2.07. The SMILES string of the molecule is CCCC(C)N1CCC(C)C(O)C1. The zero-order valence-corrected chi connectivity index (χ0v) is 9.16. The summed E-state index contributed by atoms with van der Waals surface area (Å²) in [7, 11) is 0. The van der Waals surface area contributed by atoms with Crippen molar-refractivity contribution in [2.45, 2.75) is 52.2 Å². The molecule has 1 aliphatic heterocycles. The van der Waals surface area contributed by atoms with Crippen molar-refractivity contribution in [3.8, 4) is 0 Å². The molecule has 1 heterocycles. The van der Waals surface area contributed by atoms with E-state index in [0.29, 0.717) is 12.0 Å². The van der Waals surface area contributed by atoms with Crippen molar-refractivity contribution in [2.75, 3.05) is 13.1 Å². The molecular weight excluding hydrogens is 162 g/mol. The number of hydrogen-bond donors (Lipinski definition) is 1. The number of piperidine rings is 1. The lowest BCUT2D eigenvalue weighted by Gasteiger charge is -2.38. The van der Waals surface area contributed by atoms with Gasteiger partial charge >= 0.3 is 0 Å². The van der Waals surface area contributed by atoms with Crippen LogP contribution in [0.1, 0.15) is 40.0 Å². The number of aliphatic hydroxyl groups excluding tert-OH is 1. The molecule has 0 radical (unpaired) electrons. The van der Waals surface area contributed by atoms with Crippen molar-refractivity contribution in [1.82, 2.24) is 4.90 Å². The van der Waals surface area contributed by atoms with Crippen LogP contribution in [0.3, 0.4) is 0 Å². The van der Waals surface area contributed by atoms with Gasteiger partial charge in [0, 0.05) is 12.6 Å². The van der Waals surface area contributed by atoms with Gasteiger partial charge in [-0.2, -0.15) is 0 Å². The summed E-state index contributed by atoms with van der Waals surface area (Å²) >= 11 is 0. The molecule has 2 heteroatoms. The summed E-state index contributed by atoms with van der Waals surface area (Å²) in [5.41, 5.74) is 0. The lowest BCUT2D eigenvalue weighted by atomic mass is 9.94. The van der Waals surface area contributed by atoms with Crippen molar-refractivity contribution in [2.24, 2.45) is 5.92 Å². The second-order valence-corrected chi connectivity index (χ2v) is 4.47. The standard InChI is InChI=1S/C11H23NO/c1-4-5-10(3)12-7-6-9(2)11(13)8-12/h9-11,13H,4-8H2,1-3H3. The highest BCUT2D eigenvalue weighted by Crippen LogP contribution is 2.20. The summed E-state index contributed by atoms with van der Waals surface area (Å²) in [4.78, 5) is 2.42. The molecule has 3 atom stereocenters. The van der Waals surface area contributed by atoms with Crippen LogP contribution in [-0.4, -0.2) is 35.2 Å². The van der Waals surface area contributed by atoms with Crippen LogP contribution in [-0.2, 0) is 0 Å². The maximum atomic E-state index is 9.72. The molecule has 2 nitrogen and oxygen atoms in total. The van der Waals surface area contributed by atoms with Gasteiger partial charge in [0.05, 0.1) is 6.10 Å². The molecule has 13 heavy (non-hydrogen) atoms. The largest absolute Gasteiger partial charge is 0.392 e. The first kappa shape index (κ1) is 11.0. The van der Waals surface area contributed by atoms with Crippen molar-refractivity contribution < 1.29 is 5.11 Å². The van der Waals surface area contributed by atoms with E-state index in [9.17, 15) is 5.11 Å². The van der Waals surface area contributed by atoms with Crippen LogP contribution in [0.15, 0.2) is 0 Å². The molecule has 0 aliphatic carbocycles. The maximum absolute atomic E-state index is 9.72. The Labute approximate surface area is 81.9 Å². The molecule has 0 saturated carbocycles. The van der Waals surface area contributed by atoms with E-state index in [-0.39, 0.29) is 6.10 Å². The first-order chi connectivity index (χ1) is 6.15. The normalized spacial score (nSPS) is 33.2. The Balaban J connectivity index is 2.36. The van der Waals surface area contributed by atoms with Crippen LogP contribution in [0.5, 0.6) is 0 Å². The fourth-order valence-electron chi connectivity index (χ4n) is 2.07. The van der Waals surface area contributed by atoms with Crippen LogP contribution in [0.25, 0.3) is 0 Å². The van der Waals surface area contributed by atoms with E-state index in [4.69, 9.17) is 0 Å². The molecule has 0 aromatic rings. The van der Waals surface area contributed by atoms with Crippen LogP contribution in [0.2, 0.25) is 0 Å². The van der Waals surface area contributed by atoms with Gasteiger partial charge in [-0.1, -0.05) is 20.3 Å². The first-order valence-corrected chi connectivity index (χ1v) is 5.57. The van der Waals surface area contributed by atoms with Crippen molar-refractivity contribution >= 4 is 0 Å². The van der Waals surface area contributed by atoms with Gasteiger partial charge in [0.15, 0.2) is 0 Å². The summed E-state index contributed by atoms with van der Waals surface area (Å²) in [6.07, 6.45) is 3.53. The molecular formula is C11H23NO. The van der Waals surface area contributed by atoms with E-state index < -0.39 is 0 Å². The third-order valence-corrected chi connectivity index (χ3v) is 3.28. The van der Waals surface area contributed by atoms with E-state index in [2.05, 4.69) is 25.7 Å². The van der Waals surface area contributed by atoms with Gasteiger partial charge in [0.1, 0.15) is 0 Å². The Morgan fingerprint density at radius 3 is 2.77 bits per heavy atom. The van der Waals surface area contributed by atoms with E-state index in [1.807, 2.05) is 0 Å². The monoisotopic (exact) mass is 185 g/mol. The lowest BCUT2D eigenvalue weighted by Crippen LogP contribution is -2.46. The molecule has 3 unspecified atom stereocenters.